The van der Waals surface area contributed by atoms with E-state index >= 15 is 0 Å². The summed E-state index contributed by atoms with van der Waals surface area (Å²) in [5.74, 6) is -1.13. The van der Waals surface area contributed by atoms with Gasteiger partial charge in [-0.1, -0.05) is 6.07 Å². The third-order valence-corrected chi connectivity index (χ3v) is 2.70. The summed E-state index contributed by atoms with van der Waals surface area (Å²) in [7, 11) is 1.57. The summed E-state index contributed by atoms with van der Waals surface area (Å²) < 4.78 is 35.6. The Labute approximate surface area is 93.2 Å². The second-order valence-corrected chi connectivity index (χ2v) is 4.12. The van der Waals surface area contributed by atoms with Crippen LogP contribution in [0.3, 0.4) is 0 Å². The third kappa shape index (κ3) is 2.62. The summed E-state index contributed by atoms with van der Waals surface area (Å²) in [4.78, 5) is 0. The molecule has 0 bridgehead atoms. The summed E-state index contributed by atoms with van der Waals surface area (Å²) in [5.41, 5.74) is 0. The van der Waals surface area contributed by atoms with Gasteiger partial charge in [0.2, 0.25) is 5.92 Å². The first-order valence-corrected chi connectivity index (χ1v) is 5.24. The van der Waals surface area contributed by atoms with Crippen LogP contribution < -0.4 is 9.47 Å². The van der Waals surface area contributed by atoms with E-state index in [1.54, 1.807) is 19.2 Å². The van der Waals surface area contributed by atoms with Crippen LogP contribution in [0.2, 0.25) is 0 Å². The number of hydrogen-bond donors (Lipinski definition) is 0. The zero-order chi connectivity index (χ0) is 11.6. The average molecular weight is 228 g/mol. The molecule has 0 unspecified atom stereocenters. The molecule has 1 aliphatic carbocycles. The lowest BCUT2D eigenvalue weighted by Crippen LogP contribution is -2.38. The summed E-state index contributed by atoms with van der Waals surface area (Å²) >= 11 is 0. The quantitative estimate of drug-likeness (QED) is 0.788. The molecule has 16 heavy (non-hydrogen) atoms. The van der Waals surface area contributed by atoms with Crippen LogP contribution in [-0.4, -0.2) is 19.6 Å². The minimum Gasteiger partial charge on any atom is -0.497 e. The Morgan fingerprint density at radius 1 is 1.31 bits per heavy atom. The maximum absolute atomic E-state index is 12.6. The number of alkyl halides is 2. The fourth-order valence-electron chi connectivity index (χ4n) is 1.81. The van der Waals surface area contributed by atoms with Gasteiger partial charge in [-0.05, 0) is 12.1 Å². The fourth-order valence-corrected chi connectivity index (χ4v) is 1.81. The van der Waals surface area contributed by atoms with E-state index in [4.69, 9.17) is 9.47 Å². The standard InChI is InChI=1S/C12H14F2O2/c1-15-10-3-2-4-11(5-10)16-8-9-6-12(13,14)7-9/h2-5,9H,6-8H2,1H3. The van der Waals surface area contributed by atoms with Crippen molar-refractivity contribution >= 4 is 0 Å². The molecular formula is C12H14F2O2. The Kier molecular flexibility index (Phi) is 2.99. The fraction of sp³-hybridized carbons (Fsp3) is 0.500. The van der Waals surface area contributed by atoms with Gasteiger partial charge in [-0.15, -0.1) is 0 Å². The Morgan fingerprint density at radius 2 is 2.00 bits per heavy atom. The van der Waals surface area contributed by atoms with E-state index in [9.17, 15) is 8.78 Å². The minimum atomic E-state index is -2.47. The number of halogens is 2. The Morgan fingerprint density at radius 3 is 2.62 bits per heavy atom. The number of benzene rings is 1. The van der Waals surface area contributed by atoms with Crippen LogP contribution in [0.5, 0.6) is 11.5 Å². The van der Waals surface area contributed by atoms with E-state index in [1.165, 1.54) is 0 Å². The van der Waals surface area contributed by atoms with Crippen LogP contribution in [0.4, 0.5) is 8.78 Å². The molecule has 1 fully saturated rings. The first kappa shape index (κ1) is 11.2. The predicted octanol–water partition coefficient (Wildman–Crippen LogP) is 3.12. The molecule has 1 saturated carbocycles. The van der Waals surface area contributed by atoms with E-state index in [2.05, 4.69) is 0 Å². The molecule has 0 spiro atoms. The van der Waals surface area contributed by atoms with Gasteiger partial charge in [-0.3, -0.25) is 0 Å². The summed E-state index contributed by atoms with van der Waals surface area (Å²) in [6.45, 7) is 0.350. The molecule has 0 saturated heterocycles. The zero-order valence-electron chi connectivity index (χ0n) is 9.08. The molecular weight excluding hydrogens is 214 g/mol. The van der Waals surface area contributed by atoms with Gasteiger partial charge in [0.25, 0.3) is 0 Å². The van der Waals surface area contributed by atoms with Gasteiger partial charge in [0, 0.05) is 24.8 Å². The second kappa shape index (κ2) is 4.28. The summed E-state index contributed by atoms with van der Waals surface area (Å²) in [6.07, 6.45) is -0.117. The van der Waals surface area contributed by atoms with E-state index in [0.717, 1.165) is 0 Å². The third-order valence-electron chi connectivity index (χ3n) is 2.70. The highest BCUT2D eigenvalue weighted by atomic mass is 19.3. The molecule has 2 nitrogen and oxygen atoms in total. The normalized spacial score (nSPS) is 18.9. The van der Waals surface area contributed by atoms with Crippen molar-refractivity contribution in [1.82, 2.24) is 0 Å². The first-order chi connectivity index (χ1) is 7.59. The average Bonchev–Trinajstić information content (AvgIpc) is 2.23. The Balaban J connectivity index is 1.81. The molecule has 4 heteroatoms. The van der Waals surface area contributed by atoms with Crippen molar-refractivity contribution < 1.29 is 18.3 Å². The number of ether oxygens (including phenoxy) is 2. The lowest BCUT2D eigenvalue weighted by molar-refractivity contribution is -0.119. The molecule has 88 valence electrons. The van der Waals surface area contributed by atoms with Crippen LogP contribution in [0.1, 0.15) is 12.8 Å². The maximum Gasteiger partial charge on any atom is 0.248 e. The Bertz CT molecular complexity index is 358. The van der Waals surface area contributed by atoms with Gasteiger partial charge in [0.15, 0.2) is 0 Å². The molecule has 2 rings (SSSR count). The van der Waals surface area contributed by atoms with Crippen LogP contribution >= 0.6 is 0 Å². The zero-order valence-corrected chi connectivity index (χ0v) is 9.08. The van der Waals surface area contributed by atoms with Crippen molar-refractivity contribution in [2.24, 2.45) is 5.92 Å². The number of hydrogen-bond acceptors (Lipinski definition) is 2. The van der Waals surface area contributed by atoms with Gasteiger partial charge in [-0.25, -0.2) is 8.78 Å². The summed E-state index contributed by atoms with van der Waals surface area (Å²) in [6, 6.07) is 7.16. The second-order valence-electron chi connectivity index (χ2n) is 4.12. The van der Waals surface area contributed by atoms with Crippen LogP contribution in [0.25, 0.3) is 0 Å². The molecule has 0 aromatic heterocycles. The van der Waals surface area contributed by atoms with E-state index in [-0.39, 0.29) is 18.8 Å². The molecule has 1 aromatic carbocycles. The van der Waals surface area contributed by atoms with Crippen molar-refractivity contribution in [3.05, 3.63) is 24.3 Å². The van der Waals surface area contributed by atoms with E-state index in [0.29, 0.717) is 18.1 Å². The Hall–Kier alpha value is -1.32. The molecule has 1 aliphatic rings. The van der Waals surface area contributed by atoms with Crippen LogP contribution in [0.15, 0.2) is 24.3 Å². The lowest BCUT2D eigenvalue weighted by atomic mass is 9.82. The molecule has 1 aromatic rings. The predicted molar refractivity (Wildman–Crippen MR) is 56.2 cm³/mol. The van der Waals surface area contributed by atoms with Gasteiger partial charge < -0.3 is 9.47 Å². The molecule has 0 amide bonds. The van der Waals surface area contributed by atoms with E-state index < -0.39 is 5.92 Å². The monoisotopic (exact) mass is 228 g/mol. The maximum atomic E-state index is 12.6. The summed E-state index contributed by atoms with van der Waals surface area (Å²) in [5, 5.41) is 0. The highest BCUT2D eigenvalue weighted by Crippen LogP contribution is 2.42. The van der Waals surface area contributed by atoms with Crippen molar-refractivity contribution in [1.29, 1.82) is 0 Å². The van der Waals surface area contributed by atoms with Crippen molar-refractivity contribution in [3.63, 3.8) is 0 Å². The molecule has 0 heterocycles. The van der Waals surface area contributed by atoms with Gasteiger partial charge in [0.1, 0.15) is 11.5 Å². The van der Waals surface area contributed by atoms with Crippen LogP contribution in [-0.2, 0) is 0 Å². The van der Waals surface area contributed by atoms with E-state index in [1.807, 2.05) is 12.1 Å². The lowest BCUT2D eigenvalue weighted by Gasteiger charge is -2.34. The molecule has 0 aliphatic heterocycles. The molecule has 0 atom stereocenters. The molecule has 0 radical (unpaired) electrons. The topological polar surface area (TPSA) is 18.5 Å². The van der Waals surface area contributed by atoms with Gasteiger partial charge in [-0.2, -0.15) is 0 Å². The smallest absolute Gasteiger partial charge is 0.248 e. The number of methoxy groups -OCH3 is 1. The van der Waals surface area contributed by atoms with Gasteiger partial charge in [0.05, 0.1) is 13.7 Å². The minimum absolute atomic E-state index is 0.0267. The SMILES string of the molecule is COc1cccc(OCC2CC(F)(F)C2)c1. The highest BCUT2D eigenvalue weighted by Gasteiger charge is 2.45. The largest absolute Gasteiger partial charge is 0.497 e. The van der Waals surface area contributed by atoms with Crippen molar-refractivity contribution in [3.8, 4) is 11.5 Å². The first-order valence-electron chi connectivity index (χ1n) is 5.24. The molecule has 0 N–H and O–H groups in total. The van der Waals surface area contributed by atoms with Crippen LogP contribution in [0, 0.1) is 5.92 Å². The highest BCUT2D eigenvalue weighted by molar-refractivity contribution is 5.32. The van der Waals surface area contributed by atoms with Gasteiger partial charge >= 0.3 is 0 Å². The van der Waals surface area contributed by atoms with Crippen molar-refractivity contribution in [2.75, 3.05) is 13.7 Å². The number of rotatable bonds is 4. The van der Waals surface area contributed by atoms with Crippen molar-refractivity contribution in [2.45, 2.75) is 18.8 Å².